The quantitative estimate of drug-likeness (QED) is 0.673. The van der Waals surface area contributed by atoms with Gasteiger partial charge in [-0.1, -0.05) is 11.8 Å². The molecule has 0 aliphatic carbocycles. The molecular weight excluding hydrogens is 418 g/mol. The van der Waals surface area contributed by atoms with E-state index in [2.05, 4.69) is 11.0 Å². The van der Waals surface area contributed by atoms with Crippen LogP contribution in [0.15, 0.2) is 45.5 Å². The van der Waals surface area contributed by atoms with E-state index in [4.69, 9.17) is 18.6 Å². The molecule has 4 rings (SSSR count). The average Bonchev–Trinajstić information content (AvgIpc) is 3.31. The van der Waals surface area contributed by atoms with Gasteiger partial charge in [-0.05, 0) is 29.8 Å². The predicted octanol–water partition coefficient (Wildman–Crippen LogP) is 3.52. The van der Waals surface area contributed by atoms with Gasteiger partial charge in [0.2, 0.25) is 11.7 Å². The fourth-order valence-electron chi connectivity index (χ4n) is 3.92. The maximum Gasteiger partial charge on any atom is 0.229 e. The molecule has 1 amide bonds. The summed E-state index contributed by atoms with van der Waals surface area (Å²) in [5.41, 5.74) is 1.36. The van der Waals surface area contributed by atoms with Crippen LogP contribution in [0.3, 0.4) is 0 Å². The zero-order chi connectivity index (χ0) is 22.0. The van der Waals surface area contributed by atoms with Crippen molar-refractivity contribution in [2.24, 2.45) is 0 Å². The number of fused-ring (bicyclic) bond motifs is 1. The highest BCUT2D eigenvalue weighted by Gasteiger charge is 2.39. The molecule has 1 unspecified atom stereocenters. The lowest BCUT2D eigenvalue weighted by molar-refractivity contribution is -0.132. The number of thioether (sulfide) groups is 1. The molecule has 1 saturated heterocycles. The van der Waals surface area contributed by atoms with Crippen LogP contribution in [-0.4, -0.2) is 49.6 Å². The number of amides is 1. The third-order valence-corrected chi connectivity index (χ3v) is 6.61. The molecule has 31 heavy (non-hydrogen) atoms. The standard InChI is InChI=1S/C22H23N3O5S/c1-27-18-7-14(8-19(28-2)21(18)29-3)16-9-20(26)25-12-24(11-15-5-4-6-30-15)13-31-22(25)17(16)10-23/h4-8,16H,9,11-13H2,1-3H3. The van der Waals surface area contributed by atoms with E-state index < -0.39 is 0 Å². The van der Waals surface area contributed by atoms with Gasteiger partial charge in [0.25, 0.3) is 0 Å². The Morgan fingerprint density at radius 1 is 1.23 bits per heavy atom. The lowest BCUT2D eigenvalue weighted by Crippen LogP contribution is -2.46. The van der Waals surface area contributed by atoms with Gasteiger partial charge < -0.3 is 18.6 Å². The van der Waals surface area contributed by atoms with Crippen molar-refractivity contribution in [3.63, 3.8) is 0 Å². The Morgan fingerprint density at radius 3 is 2.55 bits per heavy atom. The highest BCUT2D eigenvalue weighted by Crippen LogP contribution is 2.46. The zero-order valence-electron chi connectivity index (χ0n) is 17.6. The summed E-state index contributed by atoms with van der Waals surface area (Å²) in [4.78, 5) is 16.9. The van der Waals surface area contributed by atoms with E-state index in [-0.39, 0.29) is 18.2 Å². The maximum absolute atomic E-state index is 13.1. The second-order valence-electron chi connectivity index (χ2n) is 7.19. The van der Waals surface area contributed by atoms with E-state index in [9.17, 15) is 10.1 Å². The molecule has 1 aromatic carbocycles. The van der Waals surface area contributed by atoms with Gasteiger partial charge in [-0.25, -0.2) is 0 Å². The van der Waals surface area contributed by atoms with E-state index in [0.29, 0.717) is 46.9 Å². The minimum atomic E-state index is -0.374. The normalized spacial score (nSPS) is 19.1. The van der Waals surface area contributed by atoms with Gasteiger partial charge in [0.15, 0.2) is 11.5 Å². The Hall–Kier alpha value is -3.09. The number of benzene rings is 1. The molecule has 0 radical (unpaired) electrons. The Kier molecular flexibility index (Phi) is 6.11. The first-order valence-electron chi connectivity index (χ1n) is 9.71. The van der Waals surface area contributed by atoms with Gasteiger partial charge in [-0.2, -0.15) is 5.26 Å². The van der Waals surface area contributed by atoms with Crippen molar-refractivity contribution in [2.45, 2.75) is 18.9 Å². The molecular formula is C22H23N3O5S. The van der Waals surface area contributed by atoms with Gasteiger partial charge in [0.05, 0.1) is 63.4 Å². The summed E-state index contributed by atoms with van der Waals surface area (Å²) in [6, 6.07) is 9.73. The topological polar surface area (TPSA) is 88.2 Å². The number of hydrogen-bond acceptors (Lipinski definition) is 8. The summed E-state index contributed by atoms with van der Waals surface area (Å²) in [7, 11) is 4.63. The molecule has 0 bridgehead atoms. The van der Waals surface area contributed by atoms with Crippen LogP contribution < -0.4 is 14.2 Å². The van der Waals surface area contributed by atoms with Crippen LogP contribution in [0.2, 0.25) is 0 Å². The third kappa shape index (κ3) is 3.96. The van der Waals surface area contributed by atoms with E-state index in [1.165, 1.54) is 18.9 Å². The van der Waals surface area contributed by atoms with Gasteiger partial charge >= 0.3 is 0 Å². The predicted molar refractivity (Wildman–Crippen MR) is 115 cm³/mol. The van der Waals surface area contributed by atoms with Crippen molar-refractivity contribution in [1.29, 1.82) is 5.26 Å². The second-order valence-corrected chi connectivity index (χ2v) is 8.12. The lowest BCUT2D eigenvalue weighted by atomic mass is 9.86. The van der Waals surface area contributed by atoms with Gasteiger partial charge in [-0.15, -0.1) is 0 Å². The van der Waals surface area contributed by atoms with Crippen molar-refractivity contribution < 1.29 is 23.4 Å². The molecule has 1 atom stereocenters. The Morgan fingerprint density at radius 2 is 1.97 bits per heavy atom. The number of allylic oxidation sites excluding steroid dienone is 1. The SMILES string of the molecule is COc1cc(C2CC(=O)N3CN(Cc4ccco4)CSC3=C2C#N)cc(OC)c1OC. The van der Waals surface area contributed by atoms with Crippen LogP contribution in [0.5, 0.6) is 17.2 Å². The fourth-order valence-corrected chi connectivity index (χ4v) is 5.05. The Labute approximate surface area is 184 Å². The molecule has 8 nitrogen and oxygen atoms in total. The van der Waals surface area contributed by atoms with Gasteiger partial charge in [-0.3, -0.25) is 14.6 Å². The van der Waals surface area contributed by atoms with Crippen LogP contribution in [0.4, 0.5) is 0 Å². The van der Waals surface area contributed by atoms with Gasteiger partial charge in [0, 0.05) is 12.3 Å². The number of ether oxygens (including phenoxy) is 3. The fraction of sp³-hybridized carbons (Fsp3) is 0.364. The van der Waals surface area contributed by atoms with Crippen molar-refractivity contribution in [3.05, 3.63) is 52.5 Å². The number of hydrogen-bond donors (Lipinski definition) is 0. The molecule has 3 heterocycles. The number of furan rings is 1. The first-order valence-corrected chi connectivity index (χ1v) is 10.7. The lowest BCUT2D eigenvalue weighted by Gasteiger charge is -2.41. The van der Waals surface area contributed by atoms with E-state index in [0.717, 1.165) is 11.3 Å². The minimum absolute atomic E-state index is 0.0237. The molecule has 0 N–H and O–H groups in total. The average molecular weight is 442 g/mol. The summed E-state index contributed by atoms with van der Waals surface area (Å²) in [6.45, 7) is 1.03. The summed E-state index contributed by atoms with van der Waals surface area (Å²) in [5, 5.41) is 10.7. The van der Waals surface area contributed by atoms with Crippen molar-refractivity contribution >= 4 is 17.7 Å². The number of rotatable bonds is 6. The van der Waals surface area contributed by atoms with Gasteiger partial charge in [0.1, 0.15) is 5.76 Å². The van der Waals surface area contributed by atoms with Crippen LogP contribution in [-0.2, 0) is 11.3 Å². The maximum atomic E-state index is 13.1. The molecule has 9 heteroatoms. The van der Waals surface area contributed by atoms with Crippen molar-refractivity contribution in [1.82, 2.24) is 9.80 Å². The van der Waals surface area contributed by atoms with E-state index in [1.54, 1.807) is 25.4 Å². The Balaban J connectivity index is 1.67. The second kappa shape index (κ2) is 8.96. The third-order valence-electron chi connectivity index (χ3n) is 5.40. The van der Waals surface area contributed by atoms with Crippen LogP contribution in [0, 0.1) is 11.3 Å². The molecule has 0 saturated carbocycles. The zero-order valence-corrected chi connectivity index (χ0v) is 18.4. The number of nitriles is 1. The summed E-state index contributed by atoms with van der Waals surface area (Å²) in [5.74, 6) is 2.57. The van der Waals surface area contributed by atoms with Crippen molar-refractivity contribution in [2.75, 3.05) is 33.9 Å². The van der Waals surface area contributed by atoms with Crippen LogP contribution in [0.1, 0.15) is 23.7 Å². The number of methoxy groups -OCH3 is 3. The molecule has 0 spiro atoms. The minimum Gasteiger partial charge on any atom is -0.493 e. The molecule has 162 valence electrons. The molecule has 1 aromatic heterocycles. The first-order chi connectivity index (χ1) is 15.1. The monoisotopic (exact) mass is 441 g/mol. The molecule has 2 aliphatic heterocycles. The van der Waals surface area contributed by atoms with Crippen LogP contribution in [0.25, 0.3) is 0 Å². The van der Waals surface area contributed by atoms with Crippen LogP contribution >= 0.6 is 11.8 Å². The molecule has 2 aromatic rings. The number of nitrogens with zero attached hydrogens (tertiary/aromatic N) is 3. The van der Waals surface area contributed by atoms with Crippen molar-refractivity contribution in [3.8, 4) is 23.3 Å². The number of carbonyl (C=O) groups is 1. The summed E-state index contributed by atoms with van der Waals surface area (Å²) in [6.07, 6.45) is 1.83. The first kappa shape index (κ1) is 21.2. The molecule has 1 fully saturated rings. The summed E-state index contributed by atoms with van der Waals surface area (Å²) >= 11 is 1.50. The number of carbonyl (C=O) groups excluding carboxylic acids is 1. The smallest absolute Gasteiger partial charge is 0.229 e. The van der Waals surface area contributed by atoms with E-state index in [1.807, 2.05) is 24.3 Å². The van der Waals surface area contributed by atoms with E-state index >= 15 is 0 Å². The summed E-state index contributed by atoms with van der Waals surface area (Å²) < 4.78 is 21.7. The molecule has 2 aliphatic rings. The highest BCUT2D eigenvalue weighted by molar-refractivity contribution is 8.03. The highest BCUT2D eigenvalue weighted by atomic mass is 32.2. The Bertz CT molecular complexity index is 1020. The largest absolute Gasteiger partial charge is 0.493 e.